The molecule has 9 heteroatoms. The van der Waals surface area contributed by atoms with E-state index in [4.69, 9.17) is 23.5 Å². The second kappa shape index (κ2) is 14.7. The van der Waals surface area contributed by atoms with Crippen LogP contribution in [0.15, 0.2) is 41.3 Å². The number of hydrogen-bond acceptors (Lipinski definition) is 5. The maximum atomic E-state index is 11.2. The number of carbonyl (C=O) groups excluding carboxylic acids is 2. The van der Waals surface area contributed by atoms with Gasteiger partial charge in [0.25, 0.3) is 0 Å². The molecule has 1 saturated heterocycles. The highest BCUT2D eigenvalue weighted by atomic mass is 32.2. The van der Waals surface area contributed by atoms with Crippen molar-refractivity contribution in [2.45, 2.75) is 57.1 Å². The first-order chi connectivity index (χ1) is 17.6. The minimum absolute atomic E-state index is 0.0132. The van der Waals surface area contributed by atoms with Crippen LogP contribution in [0.1, 0.15) is 62.0 Å². The van der Waals surface area contributed by atoms with Gasteiger partial charge in [-0.15, -0.1) is 16.9 Å². The maximum absolute atomic E-state index is 11.2. The van der Waals surface area contributed by atoms with Gasteiger partial charge in [0.2, 0.25) is 5.91 Å². The largest absolute Gasteiger partial charge is 0.388 e. The number of thioether (sulfide) groups is 1. The Morgan fingerprint density at radius 3 is 2.38 bits per heavy atom. The third kappa shape index (κ3) is 9.61. The zero-order valence-electron chi connectivity index (χ0n) is 22.8. The number of aldehydes is 1. The van der Waals surface area contributed by atoms with Crippen LogP contribution in [0.25, 0.3) is 0 Å². The molecule has 2 aromatic carbocycles. The first-order valence-corrected chi connectivity index (χ1v) is 14.0. The van der Waals surface area contributed by atoms with Crippen LogP contribution in [0.4, 0.5) is 11.4 Å². The van der Waals surface area contributed by atoms with E-state index in [1.165, 1.54) is 6.42 Å². The molecule has 0 aromatic heterocycles. The standard InChI is InChI=1S/C16H23B3N2.C10H9NO2S.C2H6/c1-11-6-12(2)9-21(8-11)10-13-4-5-14(20-3)7-15(13)16(17,18)19;12-6-7-1-2-9-8(5-7)11-10(13)3-4-14-9;1-2/h4-5,7,11-12,20H,6,8-10H2,1-3H3;1-2,5-6H,3-4H2,(H,11,13);1-2H3. The molecule has 2 atom stereocenters. The summed E-state index contributed by atoms with van der Waals surface area (Å²) >= 11 is 1.63. The van der Waals surface area contributed by atoms with E-state index >= 15 is 0 Å². The second-order valence-corrected chi connectivity index (χ2v) is 10.9. The minimum atomic E-state index is -1.31. The van der Waals surface area contributed by atoms with Crippen molar-refractivity contribution in [3.8, 4) is 0 Å². The molecule has 1 amide bonds. The predicted molar refractivity (Wildman–Crippen MR) is 160 cm³/mol. The van der Waals surface area contributed by atoms with Crippen LogP contribution in [0.3, 0.4) is 0 Å². The van der Waals surface area contributed by atoms with E-state index in [9.17, 15) is 9.59 Å². The van der Waals surface area contributed by atoms with E-state index in [-0.39, 0.29) is 5.91 Å². The molecule has 0 spiro atoms. The van der Waals surface area contributed by atoms with Crippen molar-refractivity contribution >= 4 is 58.9 Å². The minimum Gasteiger partial charge on any atom is -0.388 e. The van der Waals surface area contributed by atoms with Gasteiger partial charge in [-0.05, 0) is 48.1 Å². The average molecular weight is 513 g/mol. The van der Waals surface area contributed by atoms with Crippen LogP contribution >= 0.6 is 11.8 Å². The van der Waals surface area contributed by atoms with Gasteiger partial charge in [0, 0.05) is 55.0 Å². The van der Waals surface area contributed by atoms with E-state index in [2.05, 4.69) is 35.4 Å². The Balaban J connectivity index is 0.000000260. The summed E-state index contributed by atoms with van der Waals surface area (Å²) in [7, 11) is 19.7. The van der Waals surface area contributed by atoms with E-state index in [0.717, 1.165) is 70.9 Å². The molecule has 2 aromatic rings. The van der Waals surface area contributed by atoms with Crippen LogP contribution in [-0.4, -0.2) is 66.5 Å². The molecule has 4 rings (SSSR count). The molecular formula is C28H38B3N3O2S. The number of anilines is 2. The van der Waals surface area contributed by atoms with Crippen molar-refractivity contribution in [2.75, 3.05) is 36.5 Å². The lowest BCUT2D eigenvalue weighted by atomic mass is 9.39. The first-order valence-electron chi connectivity index (χ1n) is 13.0. The van der Waals surface area contributed by atoms with Gasteiger partial charge in [-0.2, -0.15) is 0 Å². The predicted octanol–water partition coefficient (Wildman–Crippen LogP) is 4.78. The molecule has 5 nitrogen and oxygen atoms in total. The number of nitrogens with one attached hydrogen (secondary N) is 2. The SMILES string of the molecule is CC.O=Cc1ccc2c(c1)NC(=O)CCS2.[B]C([B])([B])c1cc(NC)ccc1CN1CC(C)CC(C)C1. The Morgan fingerprint density at radius 2 is 1.78 bits per heavy atom. The zero-order valence-corrected chi connectivity index (χ0v) is 23.7. The number of hydrogen-bond donors (Lipinski definition) is 2. The van der Waals surface area contributed by atoms with Crippen molar-refractivity contribution in [2.24, 2.45) is 11.8 Å². The second-order valence-electron chi connectivity index (χ2n) is 9.72. The highest BCUT2D eigenvalue weighted by Gasteiger charge is 2.24. The lowest BCUT2D eigenvalue weighted by molar-refractivity contribution is -0.115. The maximum Gasteiger partial charge on any atom is 0.225 e. The van der Waals surface area contributed by atoms with Gasteiger partial charge in [0.15, 0.2) is 0 Å². The smallest absolute Gasteiger partial charge is 0.225 e. The molecule has 37 heavy (non-hydrogen) atoms. The molecular weight excluding hydrogens is 475 g/mol. The molecule has 2 aliphatic heterocycles. The molecule has 0 bridgehead atoms. The summed E-state index contributed by atoms with van der Waals surface area (Å²) in [6.45, 7) is 11.7. The fourth-order valence-electron chi connectivity index (χ4n) is 4.75. The van der Waals surface area contributed by atoms with Crippen molar-refractivity contribution in [1.29, 1.82) is 0 Å². The molecule has 2 heterocycles. The lowest BCUT2D eigenvalue weighted by Gasteiger charge is -2.36. The monoisotopic (exact) mass is 513 g/mol. The molecule has 1 fully saturated rings. The molecule has 2 aliphatic rings. The summed E-state index contributed by atoms with van der Waals surface area (Å²) in [5.74, 6) is 2.26. The number of benzene rings is 2. The van der Waals surface area contributed by atoms with Crippen molar-refractivity contribution in [3.63, 3.8) is 0 Å². The van der Waals surface area contributed by atoms with Crippen molar-refractivity contribution in [1.82, 2.24) is 4.90 Å². The molecule has 0 aliphatic carbocycles. The summed E-state index contributed by atoms with van der Waals surface area (Å²) in [6.07, 6.45) is 2.61. The number of piperidine rings is 1. The molecule has 6 radical (unpaired) electrons. The number of nitrogens with zero attached hydrogens (tertiary/aromatic N) is 1. The third-order valence-corrected chi connectivity index (χ3v) is 7.28. The normalized spacial score (nSPS) is 19.5. The van der Waals surface area contributed by atoms with Crippen LogP contribution < -0.4 is 10.6 Å². The van der Waals surface area contributed by atoms with Crippen molar-refractivity contribution < 1.29 is 9.59 Å². The quantitative estimate of drug-likeness (QED) is 0.446. The van der Waals surface area contributed by atoms with Crippen LogP contribution in [-0.2, 0) is 16.5 Å². The van der Waals surface area contributed by atoms with Gasteiger partial charge >= 0.3 is 0 Å². The summed E-state index contributed by atoms with van der Waals surface area (Å²) in [5.41, 5.74) is 4.23. The van der Waals surface area contributed by atoms with Crippen LogP contribution in [0.5, 0.6) is 0 Å². The molecule has 2 N–H and O–H groups in total. The van der Waals surface area contributed by atoms with Crippen molar-refractivity contribution in [3.05, 3.63) is 53.1 Å². The van der Waals surface area contributed by atoms with E-state index < -0.39 is 5.11 Å². The topological polar surface area (TPSA) is 61.4 Å². The fourth-order valence-corrected chi connectivity index (χ4v) is 5.68. The van der Waals surface area contributed by atoms with Gasteiger partial charge in [-0.1, -0.05) is 45.4 Å². The van der Waals surface area contributed by atoms with Gasteiger partial charge < -0.3 is 10.6 Å². The fraction of sp³-hybridized carbons (Fsp3) is 0.500. The summed E-state index contributed by atoms with van der Waals surface area (Å²) < 4.78 is 0. The van der Waals surface area contributed by atoms with Gasteiger partial charge in [0.05, 0.1) is 29.2 Å². The Bertz CT molecular complexity index is 1040. The summed E-state index contributed by atoms with van der Waals surface area (Å²) in [5, 5.41) is 4.57. The number of amides is 1. The van der Waals surface area contributed by atoms with E-state index in [0.29, 0.717) is 12.0 Å². The molecule has 2 unspecified atom stereocenters. The molecule has 192 valence electrons. The third-order valence-electron chi connectivity index (χ3n) is 6.20. The zero-order chi connectivity index (χ0) is 27.6. The first kappa shape index (κ1) is 31.1. The Labute approximate surface area is 231 Å². The highest BCUT2D eigenvalue weighted by molar-refractivity contribution is 7.99. The van der Waals surface area contributed by atoms with Gasteiger partial charge in [-0.3, -0.25) is 14.5 Å². The lowest BCUT2D eigenvalue weighted by Crippen LogP contribution is -2.39. The highest BCUT2D eigenvalue weighted by Crippen LogP contribution is 2.31. The summed E-state index contributed by atoms with van der Waals surface area (Å²) in [6, 6.07) is 11.4. The van der Waals surface area contributed by atoms with Crippen LogP contribution in [0.2, 0.25) is 0 Å². The summed E-state index contributed by atoms with van der Waals surface area (Å²) in [4.78, 5) is 25.3. The van der Waals surface area contributed by atoms with Gasteiger partial charge in [0.1, 0.15) is 6.29 Å². The Hall–Kier alpha value is -2.12. The van der Waals surface area contributed by atoms with E-state index in [1.807, 2.05) is 39.1 Å². The number of likely N-dealkylation sites (tertiary alicyclic amines) is 1. The number of carbonyl (C=O) groups is 2. The van der Waals surface area contributed by atoms with E-state index in [1.54, 1.807) is 23.9 Å². The average Bonchev–Trinajstić information content (AvgIpc) is 3.04. The Morgan fingerprint density at radius 1 is 1.11 bits per heavy atom. The Kier molecular flexibility index (Phi) is 12.4. The van der Waals surface area contributed by atoms with Gasteiger partial charge in [-0.25, -0.2) is 0 Å². The molecule has 0 saturated carbocycles. The number of fused-ring (bicyclic) bond motifs is 1. The number of rotatable bonds is 5. The van der Waals surface area contributed by atoms with Crippen LogP contribution in [0, 0.1) is 11.8 Å².